The van der Waals surface area contributed by atoms with Crippen molar-refractivity contribution in [2.24, 2.45) is 5.41 Å². The first-order valence-corrected chi connectivity index (χ1v) is 6.88. The number of nitrogens with one attached hydrogen (secondary N) is 2. The van der Waals surface area contributed by atoms with Gasteiger partial charge in [0.1, 0.15) is 6.10 Å². The van der Waals surface area contributed by atoms with Gasteiger partial charge in [-0.2, -0.15) is 0 Å². The summed E-state index contributed by atoms with van der Waals surface area (Å²) in [6.07, 6.45) is 1.98. The fourth-order valence-electron chi connectivity index (χ4n) is 2.48. The third-order valence-electron chi connectivity index (χ3n) is 4.10. The van der Waals surface area contributed by atoms with Gasteiger partial charge in [-0.1, -0.05) is 6.92 Å². The average molecular weight is 255 g/mol. The molecule has 0 aromatic heterocycles. The van der Waals surface area contributed by atoms with Crippen LogP contribution < -0.4 is 10.6 Å². The highest BCUT2D eigenvalue weighted by Crippen LogP contribution is 2.29. The van der Waals surface area contributed by atoms with Crippen LogP contribution in [0, 0.1) is 5.41 Å². The minimum atomic E-state index is -0.311. The van der Waals surface area contributed by atoms with Crippen LogP contribution in [0.5, 0.6) is 0 Å². The molecule has 1 amide bonds. The van der Waals surface area contributed by atoms with E-state index in [9.17, 15) is 4.79 Å². The van der Waals surface area contributed by atoms with E-state index in [1.54, 1.807) is 0 Å². The highest BCUT2D eigenvalue weighted by atomic mass is 16.5. The first-order valence-electron chi connectivity index (χ1n) is 6.88. The van der Waals surface area contributed by atoms with Crippen LogP contribution in [-0.4, -0.2) is 63.3 Å². The molecule has 18 heavy (non-hydrogen) atoms. The van der Waals surface area contributed by atoms with Crippen LogP contribution in [0.3, 0.4) is 0 Å². The standard InChI is InChI=1S/C13H25N3O2/c1-13(3-6-16(2)7-4-13)10-15-12(17)11-9-14-5-8-18-11/h11,14H,3-10H2,1-2H3,(H,15,17). The van der Waals surface area contributed by atoms with Crippen LogP contribution >= 0.6 is 0 Å². The number of carbonyl (C=O) groups is 1. The summed E-state index contributed by atoms with van der Waals surface area (Å²) in [5.41, 5.74) is 0.240. The van der Waals surface area contributed by atoms with E-state index in [0.717, 1.165) is 39.0 Å². The number of ether oxygens (including phenoxy) is 1. The van der Waals surface area contributed by atoms with Crippen LogP contribution in [-0.2, 0) is 9.53 Å². The molecule has 5 nitrogen and oxygen atoms in total. The lowest BCUT2D eigenvalue weighted by atomic mass is 9.80. The molecule has 104 valence electrons. The Bertz CT molecular complexity index is 282. The molecule has 0 aliphatic carbocycles. The molecular weight excluding hydrogens is 230 g/mol. The van der Waals surface area contributed by atoms with Gasteiger partial charge in [0.2, 0.25) is 5.91 Å². The molecule has 2 saturated heterocycles. The second kappa shape index (κ2) is 5.99. The van der Waals surface area contributed by atoms with Crippen molar-refractivity contribution in [3.63, 3.8) is 0 Å². The fraction of sp³-hybridized carbons (Fsp3) is 0.923. The van der Waals surface area contributed by atoms with E-state index in [2.05, 4.69) is 29.5 Å². The molecule has 5 heteroatoms. The Morgan fingerprint density at radius 3 is 2.83 bits per heavy atom. The van der Waals surface area contributed by atoms with E-state index in [1.165, 1.54) is 0 Å². The van der Waals surface area contributed by atoms with Gasteiger partial charge < -0.3 is 20.3 Å². The molecule has 1 unspecified atom stereocenters. The molecule has 2 fully saturated rings. The molecule has 0 aromatic rings. The second-order valence-electron chi connectivity index (χ2n) is 5.90. The molecule has 0 radical (unpaired) electrons. The monoisotopic (exact) mass is 255 g/mol. The first-order chi connectivity index (χ1) is 8.59. The molecule has 0 spiro atoms. The lowest BCUT2D eigenvalue weighted by molar-refractivity contribution is -0.134. The third kappa shape index (κ3) is 3.67. The van der Waals surface area contributed by atoms with Gasteiger partial charge in [0.25, 0.3) is 0 Å². The molecule has 2 N–H and O–H groups in total. The molecule has 0 aromatic carbocycles. The normalized spacial score (nSPS) is 28.9. The predicted octanol–water partition coefficient (Wildman–Crippen LogP) is -0.177. The van der Waals surface area contributed by atoms with Crippen molar-refractivity contribution in [1.82, 2.24) is 15.5 Å². The molecule has 2 aliphatic heterocycles. The lowest BCUT2D eigenvalue weighted by Crippen LogP contribution is -2.50. The zero-order valence-electron chi connectivity index (χ0n) is 11.5. The Labute approximate surface area is 109 Å². The summed E-state index contributed by atoms with van der Waals surface area (Å²) in [7, 11) is 2.15. The Morgan fingerprint density at radius 1 is 1.50 bits per heavy atom. The molecular formula is C13H25N3O2. The minimum Gasteiger partial charge on any atom is -0.366 e. The summed E-state index contributed by atoms with van der Waals surface area (Å²) in [5, 5.41) is 6.23. The maximum Gasteiger partial charge on any atom is 0.250 e. The Hall–Kier alpha value is -0.650. The van der Waals surface area contributed by atoms with Crippen molar-refractivity contribution in [1.29, 1.82) is 0 Å². The highest BCUT2D eigenvalue weighted by Gasteiger charge is 2.30. The summed E-state index contributed by atoms with van der Waals surface area (Å²) in [6, 6.07) is 0. The van der Waals surface area contributed by atoms with Gasteiger partial charge in [0, 0.05) is 19.6 Å². The number of likely N-dealkylation sites (tertiary alicyclic amines) is 1. The van der Waals surface area contributed by atoms with E-state index < -0.39 is 0 Å². The van der Waals surface area contributed by atoms with Gasteiger partial charge in [-0.05, 0) is 38.4 Å². The quantitative estimate of drug-likeness (QED) is 0.735. The summed E-state index contributed by atoms with van der Waals surface area (Å²) in [5.74, 6) is 0.0300. The van der Waals surface area contributed by atoms with Crippen LogP contribution in [0.25, 0.3) is 0 Å². The first kappa shape index (κ1) is 13.8. The number of rotatable bonds is 3. The number of hydrogen-bond donors (Lipinski definition) is 2. The number of carbonyl (C=O) groups excluding carboxylic acids is 1. The molecule has 2 aliphatic rings. The predicted molar refractivity (Wildman–Crippen MR) is 70.5 cm³/mol. The fourth-order valence-corrected chi connectivity index (χ4v) is 2.48. The van der Waals surface area contributed by atoms with Crippen molar-refractivity contribution < 1.29 is 9.53 Å². The maximum absolute atomic E-state index is 12.0. The van der Waals surface area contributed by atoms with Gasteiger partial charge in [0.15, 0.2) is 0 Å². The van der Waals surface area contributed by atoms with Crippen molar-refractivity contribution in [2.45, 2.75) is 25.9 Å². The van der Waals surface area contributed by atoms with Crippen LogP contribution in [0.4, 0.5) is 0 Å². The van der Waals surface area contributed by atoms with Gasteiger partial charge in [-0.15, -0.1) is 0 Å². The zero-order chi connectivity index (χ0) is 13.0. The zero-order valence-corrected chi connectivity index (χ0v) is 11.5. The largest absolute Gasteiger partial charge is 0.366 e. The van der Waals surface area contributed by atoms with E-state index in [1.807, 2.05) is 0 Å². The number of morpholine rings is 1. The van der Waals surface area contributed by atoms with Gasteiger partial charge in [-0.25, -0.2) is 0 Å². The van der Waals surface area contributed by atoms with Crippen molar-refractivity contribution in [3.05, 3.63) is 0 Å². The smallest absolute Gasteiger partial charge is 0.250 e. The Morgan fingerprint density at radius 2 is 2.22 bits per heavy atom. The summed E-state index contributed by atoms with van der Waals surface area (Å²) in [4.78, 5) is 14.3. The highest BCUT2D eigenvalue weighted by molar-refractivity contribution is 5.81. The third-order valence-corrected chi connectivity index (χ3v) is 4.10. The lowest BCUT2D eigenvalue weighted by Gasteiger charge is -2.38. The number of amides is 1. The number of hydrogen-bond acceptors (Lipinski definition) is 4. The van der Waals surface area contributed by atoms with Crippen LogP contribution in [0.1, 0.15) is 19.8 Å². The van der Waals surface area contributed by atoms with Gasteiger partial charge in [-0.3, -0.25) is 4.79 Å². The Kier molecular flexibility index (Phi) is 4.59. The molecule has 2 rings (SSSR count). The molecule has 2 heterocycles. The average Bonchev–Trinajstić information content (AvgIpc) is 2.41. The van der Waals surface area contributed by atoms with Gasteiger partial charge in [0.05, 0.1) is 6.61 Å². The van der Waals surface area contributed by atoms with E-state index in [-0.39, 0.29) is 17.4 Å². The van der Waals surface area contributed by atoms with Crippen molar-refractivity contribution in [2.75, 3.05) is 46.4 Å². The SMILES string of the molecule is CN1CCC(C)(CNC(=O)C2CNCCO2)CC1. The van der Waals surface area contributed by atoms with Gasteiger partial charge >= 0.3 is 0 Å². The number of piperidine rings is 1. The minimum absolute atomic E-state index is 0.0300. The molecule has 0 bridgehead atoms. The van der Waals surface area contributed by atoms with E-state index in [4.69, 9.17) is 4.74 Å². The Balaban J connectivity index is 1.74. The number of nitrogens with zero attached hydrogens (tertiary/aromatic N) is 1. The molecule has 0 saturated carbocycles. The van der Waals surface area contributed by atoms with Crippen LogP contribution in [0.2, 0.25) is 0 Å². The molecule has 1 atom stereocenters. The topological polar surface area (TPSA) is 53.6 Å². The van der Waals surface area contributed by atoms with Crippen molar-refractivity contribution >= 4 is 5.91 Å². The van der Waals surface area contributed by atoms with E-state index >= 15 is 0 Å². The second-order valence-corrected chi connectivity index (χ2v) is 5.90. The summed E-state index contributed by atoms with van der Waals surface area (Å²) < 4.78 is 5.45. The maximum atomic E-state index is 12.0. The van der Waals surface area contributed by atoms with Crippen LogP contribution in [0.15, 0.2) is 0 Å². The summed E-state index contributed by atoms with van der Waals surface area (Å²) in [6.45, 7) is 7.36. The van der Waals surface area contributed by atoms with E-state index in [0.29, 0.717) is 13.2 Å². The summed E-state index contributed by atoms with van der Waals surface area (Å²) >= 11 is 0. The van der Waals surface area contributed by atoms with Crippen molar-refractivity contribution in [3.8, 4) is 0 Å².